The van der Waals surface area contributed by atoms with Crippen LogP contribution in [-0.2, 0) is 11.3 Å². The fraction of sp³-hybridized carbons (Fsp3) is 0.588. The third kappa shape index (κ3) is 5.48. The Morgan fingerprint density at radius 1 is 1.48 bits per heavy atom. The van der Waals surface area contributed by atoms with E-state index in [0.29, 0.717) is 13.0 Å². The van der Waals surface area contributed by atoms with Crippen LogP contribution in [0.3, 0.4) is 0 Å². The Morgan fingerprint density at radius 2 is 2.33 bits per heavy atom. The van der Waals surface area contributed by atoms with Gasteiger partial charge in [-0.05, 0) is 56.0 Å². The number of benzene rings is 1. The molecule has 0 aliphatic carbocycles. The van der Waals surface area contributed by atoms with E-state index < -0.39 is 0 Å². The van der Waals surface area contributed by atoms with Crippen LogP contribution < -0.4 is 11.1 Å². The zero-order valence-electron chi connectivity index (χ0n) is 13.0. The molecule has 0 saturated carbocycles. The minimum absolute atomic E-state index is 0.0919. The van der Waals surface area contributed by atoms with Gasteiger partial charge in [0.15, 0.2) is 0 Å². The Hall–Kier alpha value is -1.39. The highest BCUT2D eigenvalue weighted by molar-refractivity contribution is 5.90. The van der Waals surface area contributed by atoms with Crippen molar-refractivity contribution in [2.45, 2.75) is 39.2 Å². The highest BCUT2D eigenvalue weighted by Gasteiger charge is 2.15. The molecular formula is C17H27N3O. The average molecular weight is 289 g/mol. The van der Waals surface area contributed by atoms with Gasteiger partial charge in [-0.15, -0.1) is 0 Å². The lowest BCUT2D eigenvalue weighted by Crippen LogP contribution is -2.35. The van der Waals surface area contributed by atoms with E-state index in [1.54, 1.807) is 0 Å². The van der Waals surface area contributed by atoms with Gasteiger partial charge in [0.25, 0.3) is 0 Å². The summed E-state index contributed by atoms with van der Waals surface area (Å²) in [6.07, 6.45) is 4.14. The van der Waals surface area contributed by atoms with Crippen molar-refractivity contribution in [3.8, 4) is 0 Å². The number of carbonyl (C=O) groups is 1. The summed E-state index contributed by atoms with van der Waals surface area (Å²) in [5, 5.41) is 2.95. The third-order valence-corrected chi connectivity index (χ3v) is 4.07. The minimum atomic E-state index is 0.0919. The molecule has 1 atom stereocenters. The zero-order valence-corrected chi connectivity index (χ0v) is 13.0. The Balaban J connectivity index is 1.69. The summed E-state index contributed by atoms with van der Waals surface area (Å²) in [5.41, 5.74) is 7.48. The number of nitrogens with one attached hydrogen (secondary N) is 1. The first-order valence-electron chi connectivity index (χ1n) is 7.98. The summed E-state index contributed by atoms with van der Waals surface area (Å²) in [5.74, 6) is 0.890. The largest absolute Gasteiger partial charge is 0.326 e. The molecule has 1 saturated heterocycles. The predicted octanol–water partition coefficient (Wildman–Crippen LogP) is 2.60. The maximum Gasteiger partial charge on any atom is 0.224 e. The van der Waals surface area contributed by atoms with Crippen molar-refractivity contribution in [2.24, 2.45) is 11.7 Å². The van der Waals surface area contributed by atoms with Gasteiger partial charge in [-0.1, -0.05) is 19.1 Å². The summed E-state index contributed by atoms with van der Waals surface area (Å²) in [4.78, 5) is 14.4. The van der Waals surface area contributed by atoms with E-state index in [4.69, 9.17) is 5.73 Å². The monoisotopic (exact) mass is 289 g/mol. The summed E-state index contributed by atoms with van der Waals surface area (Å²) >= 11 is 0. The van der Waals surface area contributed by atoms with Crippen molar-refractivity contribution in [2.75, 3.05) is 25.0 Å². The molecule has 21 heavy (non-hydrogen) atoms. The quantitative estimate of drug-likeness (QED) is 0.846. The third-order valence-electron chi connectivity index (χ3n) is 4.07. The first-order chi connectivity index (χ1) is 10.2. The number of likely N-dealkylation sites (tertiary alicyclic amines) is 1. The van der Waals surface area contributed by atoms with Crippen LogP contribution in [0.2, 0.25) is 0 Å². The summed E-state index contributed by atoms with van der Waals surface area (Å²) in [6.45, 7) is 6.20. The molecule has 1 aromatic carbocycles. The topological polar surface area (TPSA) is 58.4 Å². The van der Waals surface area contributed by atoms with Gasteiger partial charge in [0, 0.05) is 25.2 Å². The SMILES string of the molecule is CC1CCCN(CCCC(=O)Nc2cccc(CN)c2)C1. The maximum atomic E-state index is 12.0. The number of rotatable bonds is 6. The zero-order chi connectivity index (χ0) is 15.1. The van der Waals surface area contributed by atoms with Crippen LogP contribution in [-0.4, -0.2) is 30.4 Å². The number of nitrogens with zero attached hydrogens (tertiary/aromatic N) is 1. The Morgan fingerprint density at radius 3 is 3.10 bits per heavy atom. The van der Waals surface area contributed by atoms with Gasteiger partial charge in [0.1, 0.15) is 0 Å². The molecule has 0 radical (unpaired) electrons. The van der Waals surface area contributed by atoms with Crippen LogP contribution in [0, 0.1) is 5.92 Å². The first kappa shape index (κ1) is 16.0. The van der Waals surface area contributed by atoms with Crippen LogP contribution in [0.25, 0.3) is 0 Å². The fourth-order valence-electron chi connectivity index (χ4n) is 2.95. The van der Waals surface area contributed by atoms with Gasteiger partial charge >= 0.3 is 0 Å². The van der Waals surface area contributed by atoms with Crippen molar-refractivity contribution in [3.63, 3.8) is 0 Å². The van der Waals surface area contributed by atoms with Gasteiger partial charge in [-0.25, -0.2) is 0 Å². The second-order valence-corrected chi connectivity index (χ2v) is 6.10. The van der Waals surface area contributed by atoms with Crippen LogP contribution in [0.5, 0.6) is 0 Å². The number of carbonyl (C=O) groups excluding carboxylic acids is 1. The van der Waals surface area contributed by atoms with E-state index >= 15 is 0 Å². The lowest BCUT2D eigenvalue weighted by Gasteiger charge is -2.30. The molecule has 116 valence electrons. The van der Waals surface area contributed by atoms with Gasteiger partial charge in [0.2, 0.25) is 5.91 Å². The molecule has 0 bridgehead atoms. The minimum Gasteiger partial charge on any atom is -0.326 e. The van der Waals surface area contributed by atoms with Crippen molar-refractivity contribution < 1.29 is 4.79 Å². The molecule has 1 aromatic rings. The fourth-order valence-corrected chi connectivity index (χ4v) is 2.95. The summed E-state index contributed by atoms with van der Waals surface area (Å²) in [7, 11) is 0. The Labute approximate surface area is 127 Å². The standard InChI is InChI=1S/C17H27N3O/c1-14-5-3-9-20(13-14)10-4-8-17(21)19-16-7-2-6-15(11-16)12-18/h2,6-7,11,14H,3-5,8-10,12-13,18H2,1H3,(H,19,21). The van der Waals surface area contributed by atoms with Crippen LogP contribution in [0.1, 0.15) is 38.2 Å². The highest BCUT2D eigenvalue weighted by Crippen LogP contribution is 2.16. The molecule has 1 fully saturated rings. The van der Waals surface area contributed by atoms with Crippen LogP contribution in [0.4, 0.5) is 5.69 Å². The van der Waals surface area contributed by atoms with E-state index in [0.717, 1.165) is 30.1 Å². The lowest BCUT2D eigenvalue weighted by molar-refractivity contribution is -0.116. The van der Waals surface area contributed by atoms with Gasteiger partial charge in [0.05, 0.1) is 0 Å². The number of nitrogens with two attached hydrogens (primary N) is 1. The van der Waals surface area contributed by atoms with Gasteiger partial charge in [-0.3, -0.25) is 4.79 Å². The smallest absolute Gasteiger partial charge is 0.224 e. The number of amides is 1. The van der Waals surface area contributed by atoms with Gasteiger partial charge in [-0.2, -0.15) is 0 Å². The Bertz CT molecular complexity index is 461. The number of anilines is 1. The summed E-state index contributed by atoms with van der Waals surface area (Å²) < 4.78 is 0. The van der Waals surface area contributed by atoms with Crippen molar-refractivity contribution in [3.05, 3.63) is 29.8 Å². The van der Waals surface area contributed by atoms with E-state index in [9.17, 15) is 4.79 Å². The molecule has 1 amide bonds. The molecule has 1 unspecified atom stereocenters. The molecule has 1 heterocycles. The summed E-state index contributed by atoms with van der Waals surface area (Å²) in [6, 6.07) is 7.73. The number of hydrogen-bond donors (Lipinski definition) is 2. The van der Waals surface area contributed by atoms with Crippen molar-refractivity contribution >= 4 is 11.6 Å². The second kappa shape index (κ2) is 8.15. The Kier molecular flexibility index (Phi) is 6.21. The van der Waals surface area contributed by atoms with E-state index in [2.05, 4.69) is 17.1 Å². The molecule has 1 aliphatic rings. The normalized spacial score (nSPS) is 19.4. The molecule has 4 heteroatoms. The van der Waals surface area contributed by atoms with E-state index in [-0.39, 0.29) is 5.91 Å². The first-order valence-corrected chi connectivity index (χ1v) is 7.98. The molecular weight excluding hydrogens is 262 g/mol. The molecule has 0 aromatic heterocycles. The number of piperidine rings is 1. The lowest BCUT2D eigenvalue weighted by atomic mass is 10.0. The maximum absolute atomic E-state index is 12.0. The van der Waals surface area contributed by atoms with E-state index in [1.807, 2.05) is 24.3 Å². The van der Waals surface area contributed by atoms with Crippen molar-refractivity contribution in [1.29, 1.82) is 0 Å². The average Bonchev–Trinajstić information content (AvgIpc) is 2.47. The second-order valence-electron chi connectivity index (χ2n) is 6.10. The molecule has 4 nitrogen and oxygen atoms in total. The van der Waals surface area contributed by atoms with Crippen LogP contribution >= 0.6 is 0 Å². The van der Waals surface area contributed by atoms with Crippen LogP contribution in [0.15, 0.2) is 24.3 Å². The highest BCUT2D eigenvalue weighted by atomic mass is 16.1. The van der Waals surface area contributed by atoms with E-state index in [1.165, 1.54) is 25.9 Å². The molecule has 2 rings (SSSR count). The molecule has 1 aliphatic heterocycles. The predicted molar refractivity (Wildman–Crippen MR) is 87.0 cm³/mol. The molecule has 0 spiro atoms. The van der Waals surface area contributed by atoms with Crippen molar-refractivity contribution in [1.82, 2.24) is 4.90 Å². The molecule has 3 N–H and O–H groups in total. The van der Waals surface area contributed by atoms with Gasteiger partial charge < -0.3 is 16.0 Å². The number of hydrogen-bond acceptors (Lipinski definition) is 3.